The van der Waals surface area contributed by atoms with Gasteiger partial charge in [0, 0.05) is 15.6 Å². The quantitative estimate of drug-likeness (QED) is 0.564. The third-order valence-corrected chi connectivity index (χ3v) is 5.98. The fraction of sp³-hybridized carbons (Fsp3) is 0.0500. The zero-order chi connectivity index (χ0) is 19.6. The molecule has 138 valence electrons. The lowest BCUT2D eigenvalue weighted by molar-refractivity contribution is 0.103. The van der Waals surface area contributed by atoms with E-state index in [2.05, 4.69) is 20.7 Å². The van der Waals surface area contributed by atoms with E-state index in [0.29, 0.717) is 11.1 Å². The Balaban J connectivity index is 1.97. The molecule has 0 radical (unpaired) electrons. The molecule has 0 saturated carbocycles. The first-order chi connectivity index (χ1) is 12.8. The highest BCUT2D eigenvalue weighted by atomic mass is 79.9. The normalized spacial score (nSPS) is 11.2. The standard InChI is InChI=1S/C20H15BrFNO3S/c1-13-5-6-15(20(24)14-7-9-16(21)10-8-14)11-19(13)27(25,26)23-18-4-2-3-17(22)12-18/h2-12,23H,1H3. The molecule has 0 fully saturated rings. The van der Waals surface area contributed by atoms with Gasteiger partial charge in [0.25, 0.3) is 10.0 Å². The maximum Gasteiger partial charge on any atom is 0.262 e. The van der Waals surface area contributed by atoms with E-state index in [9.17, 15) is 17.6 Å². The minimum atomic E-state index is -3.98. The van der Waals surface area contributed by atoms with Gasteiger partial charge < -0.3 is 0 Å². The lowest BCUT2D eigenvalue weighted by atomic mass is 10.0. The van der Waals surface area contributed by atoms with Gasteiger partial charge in [-0.05, 0) is 61.0 Å². The van der Waals surface area contributed by atoms with Crippen molar-refractivity contribution >= 4 is 37.4 Å². The Morgan fingerprint density at radius 2 is 1.63 bits per heavy atom. The molecule has 3 aromatic carbocycles. The minimum Gasteiger partial charge on any atom is -0.289 e. The molecule has 0 saturated heterocycles. The van der Waals surface area contributed by atoms with Crippen molar-refractivity contribution < 1.29 is 17.6 Å². The number of nitrogens with one attached hydrogen (secondary N) is 1. The molecule has 3 rings (SSSR count). The van der Waals surface area contributed by atoms with Crippen molar-refractivity contribution in [2.24, 2.45) is 0 Å². The third-order valence-electron chi connectivity index (χ3n) is 3.92. The van der Waals surface area contributed by atoms with Crippen LogP contribution in [0.4, 0.5) is 10.1 Å². The summed E-state index contributed by atoms with van der Waals surface area (Å²) in [5.74, 6) is -0.837. The van der Waals surface area contributed by atoms with Crippen molar-refractivity contribution in [3.05, 3.63) is 93.7 Å². The Morgan fingerprint density at radius 1 is 0.963 bits per heavy atom. The van der Waals surface area contributed by atoms with Crippen LogP contribution in [-0.4, -0.2) is 14.2 Å². The minimum absolute atomic E-state index is 0.0327. The summed E-state index contributed by atoms with van der Waals surface area (Å²) in [6, 6.07) is 16.5. The highest BCUT2D eigenvalue weighted by Gasteiger charge is 2.20. The van der Waals surface area contributed by atoms with Crippen molar-refractivity contribution in [2.75, 3.05) is 4.72 Å². The number of benzene rings is 3. The summed E-state index contributed by atoms with van der Waals surface area (Å²) in [6.07, 6.45) is 0. The monoisotopic (exact) mass is 447 g/mol. The van der Waals surface area contributed by atoms with E-state index >= 15 is 0 Å². The summed E-state index contributed by atoms with van der Waals surface area (Å²) in [4.78, 5) is 12.6. The average molecular weight is 448 g/mol. The second kappa shape index (κ2) is 7.62. The van der Waals surface area contributed by atoms with Gasteiger partial charge in [-0.15, -0.1) is 0 Å². The molecular formula is C20H15BrFNO3S. The second-order valence-corrected chi connectivity index (χ2v) is 8.50. The van der Waals surface area contributed by atoms with Crippen LogP contribution in [0.5, 0.6) is 0 Å². The van der Waals surface area contributed by atoms with E-state index in [4.69, 9.17) is 0 Å². The number of aryl methyl sites for hydroxylation is 1. The summed E-state index contributed by atoms with van der Waals surface area (Å²) in [5, 5.41) is 0. The van der Waals surface area contributed by atoms with E-state index in [1.807, 2.05) is 0 Å². The summed E-state index contributed by atoms with van der Waals surface area (Å²) in [6.45, 7) is 1.63. The van der Waals surface area contributed by atoms with Crippen molar-refractivity contribution in [3.8, 4) is 0 Å². The number of halogens is 2. The van der Waals surface area contributed by atoms with E-state index in [1.165, 1.54) is 24.3 Å². The van der Waals surface area contributed by atoms with E-state index in [-0.39, 0.29) is 21.9 Å². The lowest BCUT2D eigenvalue weighted by Crippen LogP contribution is -2.15. The number of rotatable bonds is 5. The number of hydrogen-bond acceptors (Lipinski definition) is 3. The van der Waals surface area contributed by atoms with E-state index in [0.717, 1.165) is 10.5 Å². The first-order valence-corrected chi connectivity index (χ1v) is 10.2. The van der Waals surface area contributed by atoms with Crippen LogP contribution in [0.3, 0.4) is 0 Å². The summed E-state index contributed by atoms with van der Waals surface area (Å²) >= 11 is 3.31. The van der Waals surface area contributed by atoms with Crippen LogP contribution in [0.2, 0.25) is 0 Å². The maximum absolute atomic E-state index is 13.3. The molecule has 0 aliphatic carbocycles. The van der Waals surface area contributed by atoms with Crippen molar-refractivity contribution in [2.45, 2.75) is 11.8 Å². The van der Waals surface area contributed by atoms with Crippen LogP contribution >= 0.6 is 15.9 Å². The first-order valence-electron chi connectivity index (χ1n) is 7.95. The van der Waals surface area contributed by atoms with Crippen LogP contribution < -0.4 is 4.72 Å². The molecule has 0 heterocycles. The summed E-state index contributed by atoms with van der Waals surface area (Å²) < 4.78 is 42.0. The Bertz CT molecular complexity index is 1110. The van der Waals surface area contributed by atoms with Gasteiger partial charge in [0.1, 0.15) is 5.82 Å². The predicted molar refractivity (Wildman–Crippen MR) is 106 cm³/mol. The first kappa shape index (κ1) is 19.3. The molecule has 1 N–H and O–H groups in total. The molecule has 0 bridgehead atoms. The van der Waals surface area contributed by atoms with Crippen molar-refractivity contribution in [3.63, 3.8) is 0 Å². The van der Waals surface area contributed by atoms with Gasteiger partial charge in [-0.1, -0.05) is 34.1 Å². The number of carbonyl (C=O) groups is 1. The average Bonchev–Trinajstić information content (AvgIpc) is 2.61. The Kier molecular flexibility index (Phi) is 5.43. The number of anilines is 1. The van der Waals surface area contributed by atoms with Crippen LogP contribution in [0.1, 0.15) is 21.5 Å². The van der Waals surface area contributed by atoms with E-state index < -0.39 is 15.8 Å². The zero-order valence-electron chi connectivity index (χ0n) is 14.2. The molecule has 27 heavy (non-hydrogen) atoms. The maximum atomic E-state index is 13.3. The van der Waals surface area contributed by atoms with Crippen molar-refractivity contribution in [1.29, 1.82) is 0 Å². The largest absolute Gasteiger partial charge is 0.289 e. The van der Waals surface area contributed by atoms with Gasteiger partial charge in [0.05, 0.1) is 10.6 Å². The summed E-state index contributed by atoms with van der Waals surface area (Å²) in [7, 11) is -3.98. The molecule has 0 spiro atoms. The number of sulfonamides is 1. The van der Waals surface area contributed by atoms with Crippen LogP contribution in [0.15, 0.2) is 76.1 Å². The zero-order valence-corrected chi connectivity index (χ0v) is 16.6. The van der Waals surface area contributed by atoms with Crippen LogP contribution in [0.25, 0.3) is 0 Å². The fourth-order valence-electron chi connectivity index (χ4n) is 2.56. The van der Waals surface area contributed by atoms with Gasteiger partial charge in [-0.25, -0.2) is 12.8 Å². The summed E-state index contributed by atoms with van der Waals surface area (Å²) in [5.41, 5.74) is 1.29. The highest BCUT2D eigenvalue weighted by molar-refractivity contribution is 9.10. The molecule has 0 aliphatic rings. The third kappa shape index (κ3) is 4.43. The molecule has 0 unspecified atom stereocenters. The molecule has 0 atom stereocenters. The SMILES string of the molecule is Cc1ccc(C(=O)c2ccc(Br)cc2)cc1S(=O)(=O)Nc1cccc(F)c1. The van der Waals surface area contributed by atoms with Gasteiger partial charge in [0.15, 0.2) is 5.78 Å². The van der Waals surface area contributed by atoms with Gasteiger partial charge in [-0.3, -0.25) is 9.52 Å². The molecule has 3 aromatic rings. The predicted octanol–water partition coefficient (Wildman–Crippen LogP) is 4.93. The van der Waals surface area contributed by atoms with Crippen LogP contribution in [-0.2, 0) is 10.0 Å². The second-order valence-electron chi connectivity index (χ2n) is 5.93. The molecule has 7 heteroatoms. The van der Waals surface area contributed by atoms with Crippen LogP contribution in [0, 0.1) is 12.7 Å². The molecule has 0 amide bonds. The van der Waals surface area contributed by atoms with Gasteiger partial charge in [-0.2, -0.15) is 0 Å². The Morgan fingerprint density at radius 3 is 2.30 bits per heavy atom. The molecule has 0 aliphatic heterocycles. The molecule has 0 aromatic heterocycles. The number of ketones is 1. The molecule has 4 nitrogen and oxygen atoms in total. The Labute approximate surface area is 165 Å². The number of carbonyl (C=O) groups excluding carboxylic acids is 1. The smallest absolute Gasteiger partial charge is 0.262 e. The Hall–Kier alpha value is -2.51. The van der Waals surface area contributed by atoms with E-state index in [1.54, 1.807) is 43.3 Å². The van der Waals surface area contributed by atoms with Crippen molar-refractivity contribution in [1.82, 2.24) is 0 Å². The number of hydrogen-bond donors (Lipinski definition) is 1. The highest BCUT2D eigenvalue weighted by Crippen LogP contribution is 2.23. The van der Waals surface area contributed by atoms with Gasteiger partial charge in [0.2, 0.25) is 0 Å². The van der Waals surface area contributed by atoms with Gasteiger partial charge >= 0.3 is 0 Å². The lowest BCUT2D eigenvalue weighted by Gasteiger charge is -2.12. The topological polar surface area (TPSA) is 63.2 Å². The molecular weight excluding hydrogens is 433 g/mol. The fourth-order valence-corrected chi connectivity index (χ4v) is 4.15.